The van der Waals surface area contributed by atoms with Crippen molar-refractivity contribution in [3.63, 3.8) is 0 Å². The number of hydrogen-bond donors (Lipinski definition) is 1. The highest BCUT2D eigenvalue weighted by Gasteiger charge is 2.06. The minimum absolute atomic E-state index is 0.278. The summed E-state index contributed by atoms with van der Waals surface area (Å²) in [5.74, 6) is 0. The van der Waals surface area contributed by atoms with E-state index >= 15 is 0 Å². The van der Waals surface area contributed by atoms with Crippen molar-refractivity contribution >= 4 is 11.3 Å². The molecule has 1 heterocycles. The molecule has 19 heavy (non-hydrogen) atoms. The minimum atomic E-state index is 0.278. The van der Waals surface area contributed by atoms with Crippen LogP contribution in [-0.4, -0.2) is 25.4 Å². The topological polar surface area (TPSA) is 30.5 Å². The van der Waals surface area contributed by atoms with Crippen LogP contribution in [0.15, 0.2) is 6.07 Å². The number of aryl methyl sites for hydroxylation is 1. The van der Waals surface area contributed by atoms with Gasteiger partial charge in [-0.3, -0.25) is 0 Å². The van der Waals surface area contributed by atoms with Crippen molar-refractivity contribution < 1.29 is 9.47 Å². The van der Waals surface area contributed by atoms with Gasteiger partial charge in [0, 0.05) is 22.3 Å². The molecule has 1 N–H and O–H groups in total. The van der Waals surface area contributed by atoms with E-state index in [0.717, 1.165) is 6.54 Å². The summed E-state index contributed by atoms with van der Waals surface area (Å²) in [6.45, 7) is 13.5. The Morgan fingerprint density at radius 1 is 1.21 bits per heavy atom. The highest BCUT2D eigenvalue weighted by atomic mass is 32.1. The Labute approximate surface area is 121 Å². The second-order valence-electron chi connectivity index (χ2n) is 5.30. The van der Waals surface area contributed by atoms with Crippen molar-refractivity contribution in [2.24, 2.45) is 0 Å². The monoisotopic (exact) mass is 285 g/mol. The first-order valence-corrected chi connectivity index (χ1v) is 7.81. The van der Waals surface area contributed by atoms with Gasteiger partial charge in [-0.15, -0.1) is 11.3 Å². The van der Waals surface area contributed by atoms with Gasteiger partial charge in [-0.1, -0.05) is 13.8 Å². The fourth-order valence-electron chi connectivity index (χ4n) is 1.65. The number of nitrogens with one attached hydrogen (secondary N) is 1. The molecule has 0 saturated heterocycles. The molecular weight excluding hydrogens is 258 g/mol. The number of thiophene rings is 1. The fourth-order valence-corrected chi connectivity index (χ4v) is 2.65. The van der Waals surface area contributed by atoms with E-state index in [0.29, 0.717) is 25.9 Å². The van der Waals surface area contributed by atoms with Crippen molar-refractivity contribution in [2.75, 3.05) is 13.2 Å². The van der Waals surface area contributed by atoms with Gasteiger partial charge < -0.3 is 14.8 Å². The van der Waals surface area contributed by atoms with Gasteiger partial charge in [0.25, 0.3) is 0 Å². The molecule has 0 amide bonds. The standard InChI is InChI=1S/C15H27NO2S/c1-11(2)16-9-15-8-14(13(5)19-15)10-17-6-7-18-12(3)4/h8,11-12,16H,6-7,9-10H2,1-5H3. The van der Waals surface area contributed by atoms with Crippen LogP contribution < -0.4 is 5.32 Å². The van der Waals surface area contributed by atoms with Gasteiger partial charge >= 0.3 is 0 Å². The van der Waals surface area contributed by atoms with E-state index in [-0.39, 0.29) is 6.10 Å². The van der Waals surface area contributed by atoms with Gasteiger partial charge in [0.05, 0.1) is 25.9 Å². The van der Waals surface area contributed by atoms with E-state index in [1.165, 1.54) is 15.3 Å². The first-order valence-electron chi connectivity index (χ1n) is 7.00. The molecule has 0 aliphatic heterocycles. The largest absolute Gasteiger partial charge is 0.376 e. The molecule has 0 aliphatic carbocycles. The van der Waals surface area contributed by atoms with Gasteiger partial charge in [0.1, 0.15) is 0 Å². The lowest BCUT2D eigenvalue weighted by Gasteiger charge is -2.07. The summed E-state index contributed by atoms with van der Waals surface area (Å²) < 4.78 is 11.1. The molecule has 4 heteroatoms. The van der Waals surface area contributed by atoms with Crippen molar-refractivity contribution in [1.82, 2.24) is 5.32 Å². The molecular formula is C15H27NO2S. The highest BCUT2D eigenvalue weighted by molar-refractivity contribution is 7.12. The Morgan fingerprint density at radius 2 is 1.95 bits per heavy atom. The quantitative estimate of drug-likeness (QED) is 0.704. The van der Waals surface area contributed by atoms with Crippen molar-refractivity contribution in [3.8, 4) is 0 Å². The first-order chi connectivity index (χ1) is 8.99. The molecule has 0 radical (unpaired) electrons. The average Bonchev–Trinajstić information content (AvgIpc) is 2.67. The predicted octanol–water partition coefficient (Wildman–Crippen LogP) is 3.50. The normalized spacial score (nSPS) is 11.7. The third kappa shape index (κ3) is 7.06. The molecule has 1 aromatic heterocycles. The summed E-state index contributed by atoms with van der Waals surface area (Å²) in [5.41, 5.74) is 1.30. The smallest absolute Gasteiger partial charge is 0.0728 e. The van der Waals surface area contributed by atoms with E-state index in [9.17, 15) is 0 Å². The Bertz CT molecular complexity index is 361. The summed E-state index contributed by atoms with van der Waals surface area (Å²) in [4.78, 5) is 2.73. The Hall–Kier alpha value is -0.420. The van der Waals surface area contributed by atoms with E-state index in [1.54, 1.807) is 0 Å². The average molecular weight is 285 g/mol. The lowest BCUT2D eigenvalue weighted by atomic mass is 10.2. The van der Waals surface area contributed by atoms with Crippen molar-refractivity contribution in [3.05, 3.63) is 21.4 Å². The van der Waals surface area contributed by atoms with Gasteiger partial charge in [-0.2, -0.15) is 0 Å². The zero-order valence-corrected chi connectivity index (χ0v) is 13.6. The maximum Gasteiger partial charge on any atom is 0.0728 e. The van der Waals surface area contributed by atoms with Crippen LogP contribution in [0.25, 0.3) is 0 Å². The number of ether oxygens (including phenoxy) is 2. The maximum atomic E-state index is 5.65. The van der Waals surface area contributed by atoms with E-state index < -0.39 is 0 Å². The maximum absolute atomic E-state index is 5.65. The second-order valence-corrected chi connectivity index (χ2v) is 6.64. The Kier molecular flexibility index (Phi) is 7.61. The van der Waals surface area contributed by atoms with Gasteiger partial charge in [-0.05, 0) is 32.4 Å². The SMILES string of the molecule is Cc1sc(CNC(C)C)cc1COCCOC(C)C. The molecule has 0 aromatic carbocycles. The molecule has 3 nitrogen and oxygen atoms in total. The van der Waals surface area contributed by atoms with Crippen LogP contribution in [0.2, 0.25) is 0 Å². The number of hydrogen-bond acceptors (Lipinski definition) is 4. The Morgan fingerprint density at radius 3 is 2.58 bits per heavy atom. The van der Waals surface area contributed by atoms with Crippen LogP contribution in [0.5, 0.6) is 0 Å². The van der Waals surface area contributed by atoms with E-state index in [2.05, 4.69) is 32.2 Å². The molecule has 0 unspecified atom stereocenters. The molecule has 0 bridgehead atoms. The van der Waals surface area contributed by atoms with Crippen LogP contribution in [0, 0.1) is 6.92 Å². The van der Waals surface area contributed by atoms with Gasteiger partial charge in [-0.25, -0.2) is 0 Å². The third-order valence-electron chi connectivity index (χ3n) is 2.69. The lowest BCUT2D eigenvalue weighted by molar-refractivity contribution is 0.0142. The van der Waals surface area contributed by atoms with E-state index in [1.807, 2.05) is 25.2 Å². The predicted molar refractivity (Wildman–Crippen MR) is 81.8 cm³/mol. The molecule has 110 valence electrons. The molecule has 0 atom stereocenters. The summed E-state index contributed by atoms with van der Waals surface area (Å²) in [6, 6.07) is 2.77. The molecule has 0 spiro atoms. The van der Waals surface area contributed by atoms with Crippen LogP contribution in [-0.2, 0) is 22.6 Å². The zero-order valence-electron chi connectivity index (χ0n) is 12.8. The molecule has 0 saturated carbocycles. The minimum Gasteiger partial charge on any atom is -0.376 e. The molecule has 1 aromatic rings. The second kappa shape index (κ2) is 8.69. The molecule has 1 rings (SSSR count). The van der Waals surface area contributed by atoms with Crippen LogP contribution in [0.3, 0.4) is 0 Å². The third-order valence-corrected chi connectivity index (χ3v) is 3.79. The molecule has 0 aliphatic rings. The Balaban J connectivity index is 2.29. The van der Waals surface area contributed by atoms with Crippen LogP contribution >= 0.6 is 11.3 Å². The zero-order chi connectivity index (χ0) is 14.3. The van der Waals surface area contributed by atoms with E-state index in [4.69, 9.17) is 9.47 Å². The fraction of sp³-hybridized carbons (Fsp3) is 0.733. The number of rotatable bonds is 9. The lowest BCUT2D eigenvalue weighted by Crippen LogP contribution is -2.21. The summed E-state index contributed by atoms with van der Waals surface area (Å²) in [7, 11) is 0. The molecule has 0 fully saturated rings. The van der Waals surface area contributed by atoms with Gasteiger partial charge in [0.2, 0.25) is 0 Å². The summed E-state index contributed by atoms with van der Waals surface area (Å²) >= 11 is 1.85. The van der Waals surface area contributed by atoms with Gasteiger partial charge in [0.15, 0.2) is 0 Å². The highest BCUT2D eigenvalue weighted by Crippen LogP contribution is 2.22. The summed E-state index contributed by atoms with van der Waals surface area (Å²) in [6.07, 6.45) is 0.278. The van der Waals surface area contributed by atoms with Crippen molar-refractivity contribution in [1.29, 1.82) is 0 Å². The van der Waals surface area contributed by atoms with Crippen LogP contribution in [0.4, 0.5) is 0 Å². The first kappa shape index (κ1) is 16.6. The van der Waals surface area contributed by atoms with Crippen molar-refractivity contribution in [2.45, 2.75) is 59.9 Å². The van der Waals surface area contributed by atoms with Crippen LogP contribution in [0.1, 0.15) is 43.0 Å². The summed E-state index contributed by atoms with van der Waals surface area (Å²) in [5, 5.41) is 3.44.